The highest BCUT2D eigenvalue weighted by Gasteiger charge is 2.16. The van der Waals surface area contributed by atoms with E-state index in [4.69, 9.17) is 0 Å². The maximum Gasteiger partial charge on any atom is 0.337 e. The molecule has 0 aromatic heterocycles. The first kappa shape index (κ1) is 15.7. The van der Waals surface area contributed by atoms with Crippen LogP contribution in [0.3, 0.4) is 0 Å². The molecule has 7 heteroatoms. The van der Waals surface area contributed by atoms with E-state index in [0.717, 1.165) is 0 Å². The summed E-state index contributed by atoms with van der Waals surface area (Å²) < 4.78 is 29.4. The van der Waals surface area contributed by atoms with Gasteiger partial charge in [-0.1, -0.05) is 12.0 Å². The van der Waals surface area contributed by atoms with Crippen LogP contribution in [0.1, 0.15) is 27.6 Å². The Labute approximate surface area is 117 Å². The minimum atomic E-state index is -3.82. The number of carbonyl (C=O) groups is 2. The van der Waals surface area contributed by atoms with Crippen molar-refractivity contribution in [2.24, 2.45) is 0 Å². The quantitative estimate of drug-likeness (QED) is 0.647. The van der Waals surface area contributed by atoms with Gasteiger partial charge in [0.2, 0.25) is 10.0 Å². The van der Waals surface area contributed by atoms with Crippen LogP contribution < -0.4 is 4.72 Å². The summed E-state index contributed by atoms with van der Waals surface area (Å²) in [5, 5.41) is 0. The molecule has 106 valence electrons. The van der Waals surface area contributed by atoms with E-state index in [1.54, 1.807) is 0 Å². The number of methoxy groups -OCH3 is 1. The second-order valence-electron chi connectivity index (χ2n) is 3.69. The van der Waals surface area contributed by atoms with Crippen LogP contribution in [0, 0.1) is 11.8 Å². The van der Waals surface area contributed by atoms with Crippen molar-refractivity contribution in [2.75, 3.05) is 12.9 Å². The first-order valence-corrected chi connectivity index (χ1v) is 7.17. The van der Waals surface area contributed by atoms with Crippen molar-refractivity contribution in [3.8, 4) is 11.8 Å². The number of nitrogens with one attached hydrogen (secondary N) is 1. The first-order valence-electron chi connectivity index (χ1n) is 5.52. The van der Waals surface area contributed by atoms with Crippen molar-refractivity contribution in [1.82, 2.24) is 4.72 Å². The predicted molar refractivity (Wildman–Crippen MR) is 72.5 cm³/mol. The Kier molecular flexibility index (Phi) is 5.29. The Morgan fingerprint density at radius 3 is 2.55 bits per heavy atom. The molecular weight excluding hydrogens is 282 g/mol. The summed E-state index contributed by atoms with van der Waals surface area (Å²) in [7, 11) is -2.61. The van der Waals surface area contributed by atoms with E-state index in [1.165, 1.54) is 38.3 Å². The van der Waals surface area contributed by atoms with Crippen LogP contribution in [0.5, 0.6) is 0 Å². The summed E-state index contributed by atoms with van der Waals surface area (Å²) in [6.45, 7) is 1.50. The number of hydrogen-bond donors (Lipinski definition) is 1. The van der Waals surface area contributed by atoms with E-state index in [9.17, 15) is 18.0 Å². The molecule has 0 saturated carbocycles. The minimum absolute atomic E-state index is 0.0425. The van der Waals surface area contributed by atoms with Gasteiger partial charge in [-0.05, 0) is 25.1 Å². The standard InChI is InChI=1S/C13H13NO5S/c1-3-4-8-20(17,18)14-12(15)10-6-5-7-11(9-10)13(16)19-2/h5-7,9H,8H2,1-2H3,(H,14,15). The maximum atomic E-state index is 11.8. The van der Waals surface area contributed by atoms with Crippen LogP contribution in [-0.2, 0) is 14.8 Å². The lowest BCUT2D eigenvalue weighted by atomic mass is 10.1. The zero-order chi connectivity index (χ0) is 15.2. The third-order valence-electron chi connectivity index (χ3n) is 2.23. The molecular formula is C13H13NO5S. The molecule has 0 aliphatic heterocycles. The summed E-state index contributed by atoms with van der Waals surface area (Å²) in [5.74, 6) is 2.88. The van der Waals surface area contributed by atoms with Gasteiger partial charge in [-0.2, -0.15) is 0 Å². The number of sulfonamides is 1. The summed E-state index contributed by atoms with van der Waals surface area (Å²) in [6.07, 6.45) is 0. The van der Waals surface area contributed by atoms with Crippen molar-refractivity contribution in [1.29, 1.82) is 0 Å². The lowest BCUT2D eigenvalue weighted by Gasteiger charge is -2.05. The lowest BCUT2D eigenvalue weighted by Crippen LogP contribution is -2.32. The predicted octanol–water partition coefficient (Wildman–Crippen LogP) is 0.556. The van der Waals surface area contributed by atoms with Gasteiger partial charge in [-0.15, -0.1) is 5.92 Å². The molecule has 0 heterocycles. The van der Waals surface area contributed by atoms with Gasteiger partial charge in [-0.3, -0.25) is 4.79 Å². The molecule has 1 N–H and O–H groups in total. The van der Waals surface area contributed by atoms with Crippen molar-refractivity contribution < 1.29 is 22.7 Å². The normalized spacial score (nSPS) is 10.1. The second kappa shape index (κ2) is 6.73. The number of carbonyl (C=O) groups excluding carboxylic acids is 2. The van der Waals surface area contributed by atoms with E-state index in [-0.39, 0.29) is 11.1 Å². The van der Waals surface area contributed by atoms with E-state index in [1.807, 2.05) is 4.72 Å². The largest absolute Gasteiger partial charge is 0.465 e. The summed E-state index contributed by atoms with van der Waals surface area (Å²) in [4.78, 5) is 23.1. The van der Waals surface area contributed by atoms with E-state index >= 15 is 0 Å². The SMILES string of the molecule is CC#CCS(=O)(=O)NC(=O)c1cccc(C(=O)OC)c1. The Morgan fingerprint density at radius 1 is 1.30 bits per heavy atom. The fourth-order valence-electron chi connectivity index (χ4n) is 1.31. The van der Waals surface area contributed by atoms with Gasteiger partial charge >= 0.3 is 5.97 Å². The van der Waals surface area contributed by atoms with Gasteiger partial charge in [0.1, 0.15) is 5.75 Å². The van der Waals surface area contributed by atoms with E-state index in [0.29, 0.717) is 0 Å². The average Bonchev–Trinajstić information content (AvgIpc) is 2.44. The number of rotatable bonds is 4. The number of benzene rings is 1. The molecule has 0 radical (unpaired) electrons. The van der Waals surface area contributed by atoms with Gasteiger partial charge < -0.3 is 4.74 Å². The topological polar surface area (TPSA) is 89.5 Å². The van der Waals surface area contributed by atoms with Gasteiger partial charge in [0.25, 0.3) is 5.91 Å². The molecule has 0 bridgehead atoms. The van der Waals surface area contributed by atoms with Gasteiger partial charge in [0.05, 0.1) is 12.7 Å². The highest BCUT2D eigenvalue weighted by atomic mass is 32.2. The second-order valence-corrected chi connectivity index (χ2v) is 5.41. The van der Waals surface area contributed by atoms with Crippen LogP contribution in [-0.4, -0.2) is 33.2 Å². The molecule has 0 aliphatic rings. The van der Waals surface area contributed by atoms with Gasteiger partial charge in [0, 0.05) is 5.56 Å². The molecule has 0 unspecified atom stereocenters. The van der Waals surface area contributed by atoms with Gasteiger partial charge in [-0.25, -0.2) is 17.9 Å². The van der Waals surface area contributed by atoms with E-state index in [2.05, 4.69) is 16.6 Å². The van der Waals surface area contributed by atoms with Crippen LogP contribution in [0.2, 0.25) is 0 Å². The smallest absolute Gasteiger partial charge is 0.337 e. The minimum Gasteiger partial charge on any atom is -0.465 e. The van der Waals surface area contributed by atoms with Crippen LogP contribution >= 0.6 is 0 Å². The van der Waals surface area contributed by atoms with Crippen LogP contribution in [0.4, 0.5) is 0 Å². The Balaban J connectivity index is 2.92. The van der Waals surface area contributed by atoms with Crippen molar-refractivity contribution in [2.45, 2.75) is 6.92 Å². The average molecular weight is 295 g/mol. The molecule has 0 saturated heterocycles. The highest BCUT2D eigenvalue weighted by Crippen LogP contribution is 2.07. The molecule has 1 aromatic rings. The van der Waals surface area contributed by atoms with Gasteiger partial charge in [0.15, 0.2) is 0 Å². The van der Waals surface area contributed by atoms with Crippen molar-refractivity contribution in [3.63, 3.8) is 0 Å². The molecule has 0 spiro atoms. The summed E-state index contributed by atoms with van der Waals surface area (Å²) in [6, 6.07) is 5.56. The Hall–Kier alpha value is -2.33. The number of hydrogen-bond acceptors (Lipinski definition) is 5. The molecule has 1 amide bonds. The van der Waals surface area contributed by atoms with Crippen LogP contribution in [0.15, 0.2) is 24.3 Å². The van der Waals surface area contributed by atoms with Crippen LogP contribution in [0.25, 0.3) is 0 Å². The summed E-state index contributed by atoms with van der Waals surface area (Å²) in [5.41, 5.74) is 0.201. The number of amides is 1. The molecule has 6 nitrogen and oxygen atoms in total. The summed E-state index contributed by atoms with van der Waals surface area (Å²) >= 11 is 0. The molecule has 0 aliphatic carbocycles. The monoisotopic (exact) mass is 295 g/mol. The third kappa shape index (κ3) is 4.40. The first-order chi connectivity index (χ1) is 9.39. The molecule has 1 aromatic carbocycles. The van der Waals surface area contributed by atoms with E-state index < -0.39 is 27.7 Å². The number of ether oxygens (including phenoxy) is 1. The number of esters is 1. The fraction of sp³-hybridized carbons (Fsp3) is 0.231. The Bertz CT molecular complexity index is 682. The maximum absolute atomic E-state index is 11.8. The Morgan fingerprint density at radius 2 is 1.95 bits per heavy atom. The molecule has 1 rings (SSSR count). The van der Waals surface area contributed by atoms with Crippen molar-refractivity contribution >= 4 is 21.9 Å². The lowest BCUT2D eigenvalue weighted by molar-refractivity contribution is 0.0600. The fourth-order valence-corrected chi connectivity index (χ4v) is 2.12. The third-order valence-corrected chi connectivity index (χ3v) is 3.25. The zero-order valence-electron chi connectivity index (χ0n) is 11.0. The molecule has 0 fully saturated rings. The molecule has 0 atom stereocenters. The highest BCUT2D eigenvalue weighted by molar-refractivity contribution is 7.90. The van der Waals surface area contributed by atoms with Crippen molar-refractivity contribution in [3.05, 3.63) is 35.4 Å². The zero-order valence-corrected chi connectivity index (χ0v) is 11.8. The molecule has 20 heavy (non-hydrogen) atoms.